The summed E-state index contributed by atoms with van der Waals surface area (Å²) in [6, 6.07) is 4.84. The summed E-state index contributed by atoms with van der Waals surface area (Å²) in [4.78, 5) is 19.0. The number of pyridine rings is 1. The number of carboxylic acids is 1. The van der Waals surface area contributed by atoms with Crippen molar-refractivity contribution in [2.24, 2.45) is 0 Å². The van der Waals surface area contributed by atoms with E-state index in [4.69, 9.17) is 5.11 Å². The molecule has 0 aromatic carbocycles. The smallest absolute Gasteiger partial charge is 0.354 e. The number of aryl methyl sites for hydroxylation is 1. The lowest BCUT2D eigenvalue weighted by Gasteiger charge is -2.07. The quantitative estimate of drug-likeness (QED) is 0.837. The molecule has 0 saturated carbocycles. The molecule has 0 saturated heterocycles. The number of nitrogens with zero attached hydrogens (tertiary/aromatic N) is 3. The van der Waals surface area contributed by atoms with Crippen LogP contribution in [0, 0.1) is 0 Å². The zero-order chi connectivity index (χ0) is 13.0. The summed E-state index contributed by atoms with van der Waals surface area (Å²) in [5.74, 6) is 0.384. The second kappa shape index (κ2) is 5.31. The Kier molecular flexibility index (Phi) is 3.57. The molecule has 0 fully saturated rings. The number of hydrogen-bond donors (Lipinski definition) is 2. The van der Waals surface area contributed by atoms with Crippen molar-refractivity contribution in [3.63, 3.8) is 0 Å². The molecule has 0 bridgehead atoms. The molecule has 0 amide bonds. The van der Waals surface area contributed by atoms with Crippen LogP contribution in [-0.2, 0) is 13.1 Å². The van der Waals surface area contributed by atoms with Gasteiger partial charge in [0.2, 0.25) is 0 Å². The monoisotopic (exact) mass is 246 g/mol. The highest BCUT2D eigenvalue weighted by atomic mass is 16.4. The molecule has 0 radical (unpaired) electrons. The highest BCUT2D eigenvalue weighted by Crippen LogP contribution is 2.07. The molecule has 2 aromatic rings. The van der Waals surface area contributed by atoms with Crippen LogP contribution in [0.5, 0.6) is 0 Å². The van der Waals surface area contributed by atoms with E-state index in [2.05, 4.69) is 15.3 Å². The summed E-state index contributed by atoms with van der Waals surface area (Å²) in [7, 11) is 0. The van der Waals surface area contributed by atoms with Gasteiger partial charge in [-0.2, -0.15) is 0 Å². The Morgan fingerprint density at radius 2 is 2.33 bits per heavy atom. The first-order valence-corrected chi connectivity index (χ1v) is 5.65. The summed E-state index contributed by atoms with van der Waals surface area (Å²) in [6.07, 6.45) is 3.64. The van der Waals surface area contributed by atoms with Gasteiger partial charge in [0, 0.05) is 18.9 Å². The van der Waals surface area contributed by atoms with E-state index in [1.807, 2.05) is 17.7 Å². The maximum atomic E-state index is 10.8. The van der Waals surface area contributed by atoms with Crippen molar-refractivity contribution in [2.75, 3.05) is 5.32 Å². The first-order chi connectivity index (χ1) is 8.70. The van der Waals surface area contributed by atoms with E-state index in [-0.39, 0.29) is 5.69 Å². The van der Waals surface area contributed by atoms with Crippen molar-refractivity contribution in [1.29, 1.82) is 0 Å². The maximum absolute atomic E-state index is 10.8. The van der Waals surface area contributed by atoms with Crippen LogP contribution in [0.3, 0.4) is 0 Å². The summed E-state index contributed by atoms with van der Waals surface area (Å²) < 4.78 is 2.01. The fraction of sp³-hybridized carbons (Fsp3) is 0.250. The molecule has 2 heterocycles. The molecule has 2 N–H and O–H groups in total. The SMILES string of the molecule is CCn1ccnc1CNc1cccc(C(=O)O)n1. The highest BCUT2D eigenvalue weighted by molar-refractivity contribution is 5.85. The second-order valence-electron chi connectivity index (χ2n) is 3.70. The second-order valence-corrected chi connectivity index (χ2v) is 3.70. The molecule has 0 aliphatic heterocycles. The Bertz CT molecular complexity index is 551. The molecular formula is C12H14N4O2. The Labute approximate surface area is 104 Å². The van der Waals surface area contributed by atoms with Crippen molar-refractivity contribution < 1.29 is 9.90 Å². The number of nitrogens with one attached hydrogen (secondary N) is 1. The van der Waals surface area contributed by atoms with Crippen molar-refractivity contribution in [1.82, 2.24) is 14.5 Å². The summed E-state index contributed by atoms with van der Waals surface area (Å²) in [5, 5.41) is 11.9. The van der Waals surface area contributed by atoms with Gasteiger partial charge >= 0.3 is 5.97 Å². The Hall–Kier alpha value is -2.37. The predicted octanol–water partition coefficient (Wildman–Crippen LogP) is 1.61. The minimum atomic E-state index is -1.03. The van der Waals surface area contributed by atoms with Gasteiger partial charge in [-0.25, -0.2) is 14.8 Å². The van der Waals surface area contributed by atoms with E-state index in [1.54, 1.807) is 18.3 Å². The first-order valence-electron chi connectivity index (χ1n) is 5.65. The van der Waals surface area contributed by atoms with Gasteiger partial charge < -0.3 is 15.0 Å². The van der Waals surface area contributed by atoms with Gasteiger partial charge in [0.25, 0.3) is 0 Å². The number of anilines is 1. The fourth-order valence-electron chi connectivity index (χ4n) is 1.62. The van der Waals surface area contributed by atoms with E-state index < -0.39 is 5.97 Å². The molecular weight excluding hydrogens is 232 g/mol. The molecule has 2 rings (SSSR count). The van der Waals surface area contributed by atoms with Gasteiger partial charge in [0.05, 0.1) is 6.54 Å². The van der Waals surface area contributed by atoms with Crippen LogP contribution in [0.2, 0.25) is 0 Å². The molecule has 0 atom stereocenters. The summed E-state index contributed by atoms with van der Waals surface area (Å²) in [6.45, 7) is 3.39. The Morgan fingerprint density at radius 1 is 1.50 bits per heavy atom. The number of aromatic carboxylic acids is 1. The maximum Gasteiger partial charge on any atom is 0.354 e. The third-order valence-corrected chi connectivity index (χ3v) is 2.54. The van der Waals surface area contributed by atoms with Crippen LogP contribution in [0.25, 0.3) is 0 Å². The fourth-order valence-corrected chi connectivity index (χ4v) is 1.62. The topological polar surface area (TPSA) is 80.0 Å². The zero-order valence-corrected chi connectivity index (χ0v) is 10.00. The Morgan fingerprint density at radius 3 is 3.06 bits per heavy atom. The van der Waals surface area contributed by atoms with Crippen LogP contribution in [0.1, 0.15) is 23.2 Å². The van der Waals surface area contributed by atoms with Gasteiger partial charge in [0.15, 0.2) is 5.69 Å². The van der Waals surface area contributed by atoms with E-state index in [0.29, 0.717) is 12.4 Å². The average Bonchev–Trinajstić information content (AvgIpc) is 2.84. The Balaban J connectivity index is 2.06. The molecule has 6 nitrogen and oxygen atoms in total. The number of hydrogen-bond acceptors (Lipinski definition) is 4. The number of aromatic nitrogens is 3. The standard InChI is InChI=1S/C12H14N4O2/c1-2-16-7-6-13-11(16)8-14-10-5-3-4-9(15-10)12(17)18/h3-7H,2,8H2,1H3,(H,14,15)(H,17,18). The summed E-state index contributed by atoms with van der Waals surface area (Å²) >= 11 is 0. The van der Waals surface area contributed by atoms with E-state index in [0.717, 1.165) is 12.4 Å². The van der Waals surface area contributed by atoms with Crippen LogP contribution in [0.15, 0.2) is 30.6 Å². The average molecular weight is 246 g/mol. The van der Waals surface area contributed by atoms with Crippen LogP contribution in [-0.4, -0.2) is 25.6 Å². The van der Waals surface area contributed by atoms with Gasteiger partial charge in [0.1, 0.15) is 11.6 Å². The number of carboxylic acid groups (broad SMARTS) is 1. The van der Waals surface area contributed by atoms with Gasteiger partial charge in [-0.1, -0.05) is 6.07 Å². The minimum absolute atomic E-state index is 0.0267. The molecule has 94 valence electrons. The predicted molar refractivity (Wildman–Crippen MR) is 66.4 cm³/mol. The molecule has 0 aliphatic rings. The third-order valence-electron chi connectivity index (χ3n) is 2.54. The van der Waals surface area contributed by atoms with Gasteiger partial charge in [-0.15, -0.1) is 0 Å². The van der Waals surface area contributed by atoms with Crippen molar-refractivity contribution in [3.05, 3.63) is 42.1 Å². The number of rotatable bonds is 5. The van der Waals surface area contributed by atoms with Gasteiger partial charge in [-0.05, 0) is 19.1 Å². The lowest BCUT2D eigenvalue weighted by molar-refractivity contribution is 0.0690. The van der Waals surface area contributed by atoms with Crippen molar-refractivity contribution in [2.45, 2.75) is 20.0 Å². The molecule has 0 spiro atoms. The number of carbonyl (C=O) groups is 1. The number of imidazole rings is 1. The minimum Gasteiger partial charge on any atom is -0.477 e. The van der Waals surface area contributed by atoms with E-state index >= 15 is 0 Å². The molecule has 2 aromatic heterocycles. The zero-order valence-electron chi connectivity index (χ0n) is 10.00. The normalized spacial score (nSPS) is 10.3. The van der Waals surface area contributed by atoms with Crippen LogP contribution >= 0.6 is 0 Å². The van der Waals surface area contributed by atoms with Crippen molar-refractivity contribution in [3.8, 4) is 0 Å². The molecule has 0 unspecified atom stereocenters. The molecule has 0 aliphatic carbocycles. The van der Waals surface area contributed by atoms with E-state index in [9.17, 15) is 4.79 Å². The van der Waals surface area contributed by atoms with Gasteiger partial charge in [-0.3, -0.25) is 0 Å². The largest absolute Gasteiger partial charge is 0.477 e. The van der Waals surface area contributed by atoms with E-state index in [1.165, 1.54) is 6.07 Å². The van der Waals surface area contributed by atoms with Crippen LogP contribution < -0.4 is 5.32 Å². The van der Waals surface area contributed by atoms with Crippen LogP contribution in [0.4, 0.5) is 5.82 Å². The molecule has 18 heavy (non-hydrogen) atoms. The lowest BCUT2D eigenvalue weighted by atomic mass is 10.3. The van der Waals surface area contributed by atoms with Crippen molar-refractivity contribution >= 4 is 11.8 Å². The third kappa shape index (κ3) is 2.65. The molecule has 6 heteroatoms. The summed E-state index contributed by atoms with van der Waals surface area (Å²) in [5.41, 5.74) is 0.0267. The first kappa shape index (κ1) is 12.1. The highest BCUT2D eigenvalue weighted by Gasteiger charge is 2.06. The lowest BCUT2D eigenvalue weighted by Crippen LogP contribution is -2.09.